The molecule has 1 aromatic rings. The van der Waals surface area contributed by atoms with Gasteiger partial charge in [-0.2, -0.15) is 5.26 Å². The van der Waals surface area contributed by atoms with Gasteiger partial charge in [0.05, 0.1) is 0 Å². The highest BCUT2D eigenvalue weighted by molar-refractivity contribution is 6.31. The van der Waals surface area contributed by atoms with Crippen molar-refractivity contribution in [3.8, 4) is 6.07 Å². The summed E-state index contributed by atoms with van der Waals surface area (Å²) in [4.78, 5) is 13.9. The van der Waals surface area contributed by atoms with Crippen LogP contribution >= 0.6 is 11.6 Å². The van der Waals surface area contributed by atoms with Crippen LogP contribution in [-0.4, -0.2) is 37.0 Å². The average Bonchev–Trinajstić information content (AvgIpc) is 2.53. The molecule has 1 fully saturated rings. The van der Waals surface area contributed by atoms with Crippen molar-refractivity contribution in [2.45, 2.75) is 6.54 Å². The number of nitrogens with zero attached hydrogens (tertiary/aromatic N) is 2. The fourth-order valence-electron chi connectivity index (χ4n) is 2.08. The largest absolute Gasteiger partial charge is 0.386 e. The number of halogens is 1. The number of nitriles is 1. The van der Waals surface area contributed by atoms with Gasteiger partial charge < -0.3 is 15.5 Å². The lowest BCUT2D eigenvalue weighted by Crippen LogP contribution is -2.46. The molecule has 1 aromatic carbocycles. The van der Waals surface area contributed by atoms with E-state index in [0.29, 0.717) is 24.7 Å². The highest BCUT2D eigenvalue weighted by Gasteiger charge is 2.19. The second-order valence-corrected chi connectivity index (χ2v) is 5.09. The highest BCUT2D eigenvalue weighted by atomic mass is 35.5. The standard InChI is InChI=1S/C15H17ClN4O/c16-14-4-2-1-3-12(14)10-19-11-13(9-17)15(21)20-7-5-18-6-8-20/h1-4,11,18-19H,5-8,10H2/b13-11-. The summed E-state index contributed by atoms with van der Waals surface area (Å²) in [6.45, 7) is 3.25. The van der Waals surface area contributed by atoms with E-state index < -0.39 is 0 Å². The van der Waals surface area contributed by atoms with Crippen molar-refractivity contribution >= 4 is 17.5 Å². The van der Waals surface area contributed by atoms with Gasteiger partial charge in [0.15, 0.2) is 0 Å². The zero-order valence-electron chi connectivity index (χ0n) is 11.6. The zero-order chi connectivity index (χ0) is 15.1. The minimum absolute atomic E-state index is 0.115. The third kappa shape index (κ3) is 4.22. The maximum atomic E-state index is 12.2. The number of carbonyl (C=O) groups excluding carboxylic acids is 1. The van der Waals surface area contributed by atoms with Gasteiger partial charge >= 0.3 is 0 Å². The molecular weight excluding hydrogens is 288 g/mol. The third-order valence-corrected chi connectivity index (χ3v) is 3.62. The molecule has 2 rings (SSSR count). The van der Waals surface area contributed by atoms with Gasteiger partial charge in [-0.05, 0) is 11.6 Å². The topological polar surface area (TPSA) is 68.2 Å². The summed E-state index contributed by atoms with van der Waals surface area (Å²) >= 11 is 6.05. The van der Waals surface area contributed by atoms with E-state index >= 15 is 0 Å². The average molecular weight is 305 g/mol. The van der Waals surface area contributed by atoms with Crippen LogP contribution in [0, 0.1) is 11.3 Å². The van der Waals surface area contributed by atoms with E-state index in [1.807, 2.05) is 24.3 Å². The summed E-state index contributed by atoms with van der Waals surface area (Å²) in [5.41, 5.74) is 1.03. The number of benzene rings is 1. The Balaban J connectivity index is 1.96. The Morgan fingerprint density at radius 1 is 1.43 bits per heavy atom. The second kappa shape index (κ2) is 7.67. The first-order valence-electron chi connectivity index (χ1n) is 6.79. The number of rotatable bonds is 4. The number of hydrogen-bond acceptors (Lipinski definition) is 4. The maximum Gasteiger partial charge on any atom is 0.266 e. The van der Waals surface area contributed by atoms with Crippen LogP contribution < -0.4 is 10.6 Å². The van der Waals surface area contributed by atoms with E-state index in [4.69, 9.17) is 16.9 Å². The number of hydrogen-bond donors (Lipinski definition) is 2. The molecule has 21 heavy (non-hydrogen) atoms. The van der Waals surface area contributed by atoms with Crippen LogP contribution in [0.4, 0.5) is 0 Å². The molecule has 6 heteroatoms. The van der Waals surface area contributed by atoms with E-state index in [0.717, 1.165) is 18.7 Å². The summed E-state index contributed by atoms with van der Waals surface area (Å²) in [7, 11) is 0. The molecule has 0 atom stereocenters. The summed E-state index contributed by atoms with van der Waals surface area (Å²) < 4.78 is 0. The Morgan fingerprint density at radius 2 is 2.14 bits per heavy atom. The normalized spacial score (nSPS) is 15.4. The SMILES string of the molecule is N#C/C(=C/NCc1ccccc1Cl)C(=O)N1CCNCC1. The van der Waals surface area contributed by atoms with E-state index in [9.17, 15) is 4.79 Å². The summed E-state index contributed by atoms with van der Waals surface area (Å²) in [5.74, 6) is -0.231. The van der Waals surface area contributed by atoms with Gasteiger partial charge in [0.1, 0.15) is 11.6 Å². The van der Waals surface area contributed by atoms with Crippen LogP contribution in [0.2, 0.25) is 5.02 Å². The Bertz CT molecular complexity index is 573. The summed E-state index contributed by atoms with van der Waals surface area (Å²) in [6, 6.07) is 9.41. The fourth-order valence-corrected chi connectivity index (χ4v) is 2.29. The van der Waals surface area contributed by atoms with E-state index in [1.165, 1.54) is 6.20 Å². The van der Waals surface area contributed by atoms with Crippen LogP contribution in [0.1, 0.15) is 5.56 Å². The molecule has 1 heterocycles. The van der Waals surface area contributed by atoms with E-state index in [1.54, 1.807) is 11.0 Å². The summed E-state index contributed by atoms with van der Waals surface area (Å²) in [5, 5.41) is 15.9. The Hall–Kier alpha value is -2.03. The lowest BCUT2D eigenvalue weighted by atomic mass is 10.2. The van der Waals surface area contributed by atoms with Crippen molar-refractivity contribution in [3.63, 3.8) is 0 Å². The quantitative estimate of drug-likeness (QED) is 0.649. The Labute approximate surface area is 129 Å². The fraction of sp³-hybridized carbons (Fsp3) is 0.333. The van der Waals surface area contributed by atoms with Gasteiger partial charge in [0.2, 0.25) is 0 Å². The molecule has 2 N–H and O–H groups in total. The van der Waals surface area contributed by atoms with Crippen LogP contribution in [0.15, 0.2) is 36.0 Å². The van der Waals surface area contributed by atoms with Crippen LogP contribution in [-0.2, 0) is 11.3 Å². The van der Waals surface area contributed by atoms with Gasteiger partial charge in [-0.3, -0.25) is 4.79 Å². The molecule has 0 saturated carbocycles. The molecule has 0 radical (unpaired) electrons. The number of amides is 1. The van der Waals surface area contributed by atoms with E-state index in [-0.39, 0.29) is 11.5 Å². The molecule has 5 nitrogen and oxygen atoms in total. The Kier molecular flexibility index (Phi) is 5.61. The van der Waals surface area contributed by atoms with E-state index in [2.05, 4.69) is 10.6 Å². The van der Waals surface area contributed by atoms with Crippen molar-refractivity contribution in [1.29, 1.82) is 5.26 Å². The molecule has 1 saturated heterocycles. The van der Waals surface area contributed by atoms with Gasteiger partial charge in [-0.25, -0.2) is 0 Å². The minimum Gasteiger partial charge on any atom is -0.386 e. The van der Waals surface area contributed by atoms with Crippen molar-refractivity contribution < 1.29 is 4.79 Å². The third-order valence-electron chi connectivity index (χ3n) is 3.25. The number of nitrogens with one attached hydrogen (secondary N) is 2. The minimum atomic E-state index is -0.231. The van der Waals surface area contributed by atoms with Crippen LogP contribution in [0.5, 0.6) is 0 Å². The van der Waals surface area contributed by atoms with Gasteiger partial charge in [0.25, 0.3) is 5.91 Å². The van der Waals surface area contributed by atoms with Crippen LogP contribution in [0.3, 0.4) is 0 Å². The zero-order valence-corrected chi connectivity index (χ0v) is 12.4. The smallest absolute Gasteiger partial charge is 0.266 e. The van der Waals surface area contributed by atoms with Crippen molar-refractivity contribution in [2.24, 2.45) is 0 Å². The lowest BCUT2D eigenvalue weighted by Gasteiger charge is -2.27. The molecule has 0 aliphatic carbocycles. The van der Waals surface area contributed by atoms with Gasteiger partial charge in [0, 0.05) is 43.9 Å². The molecule has 1 aliphatic heterocycles. The van der Waals surface area contributed by atoms with Crippen LogP contribution in [0.25, 0.3) is 0 Å². The molecule has 0 aromatic heterocycles. The predicted molar refractivity (Wildman–Crippen MR) is 81.4 cm³/mol. The first-order chi connectivity index (χ1) is 10.2. The number of piperazine rings is 1. The molecule has 1 amide bonds. The Morgan fingerprint density at radius 3 is 2.81 bits per heavy atom. The molecule has 0 unspecified atom stereocenters. The van der Waals surface area contributed by atoms with Gasteiger partial charge in [-0.15, -0.1) is 0 Å². The van der Waals surface area contributed by atoms with Crippen molar-refractivity contribution in [2.75, 3.05) is 26.2 Å². The first kappa shape index (κ1) is 15.4. The molecule has 0 bridgehead atoms. The molecule has 1 aliphatic rings. The van der Waals surface area contributed by atoms with Crippen molar-refractivity contribution in [1.82, 2.24) is 15.5 Å². The van der Waals surface area contributed by atoms with Crippen molar-refractivity contribution in [3.05, 3.63) is 46.6 Å². The monoisotopic (exact) mass is 304 g/mol. The predicted octanol–water partition coefficient (Wildman–Crippen LogP) is 1.27. The highest BCUT2D eigenvalue weighted by Crippen LogP contribution is 2.14. The lowest BCUT2D eigenvalue weighted by molar-refractivity contribution is -0.127. The molecule has 0 spiro atoms. The second-order valence-electron chi connectivity index (χ2n) is 4.68. The summed E-state index contributed by atoms with van der Waals surface area (Å²) in [6.07, 6.45) is 1.47. The number of carbonyl (C=O) groups is 1. The first-order valence-corrected chi connectivity index (χ1v) is 7.17. The molecule has 110 valence electrons. The maximum absolute atomic E-state index is 12.2. The molecular formula is C15H17ClN4O. The van der Waals surface area contributed by atoms with Gasteiger partial charge in [-0.1, -0.05) is 29.8 Å².